The van der Waals surface area contributed by atoms with E-state index in [0.717, 1.165) is 12.1 Å². The molecule has 1 aromatic rings. The molecule has 0 unspecified atom stereocenters. The molecule has 118 valence electrons. The van der Waals surface area contributed by atoms with Crippen LogP contribution in [0.3, 0.4) is 0 Å². The number of carbonyl (C=O) groups is 2. The number of amides is 2. The average molecular weight is 311 g/mol. The summed E-state index contributed by atoms with van der Waals surface area (Å²) in [5, 5.41) is 5.21. The van der Waals surface area contributed by atoms with Crippen molar-refractivity contribution >= 4 is 28.3 Å². The first-order valence-corrected chi connectivity index (χ1v) is 8.18. The van der Waals surface area contributed by atoms with Crippen molar-refractivity contribution in [2.24, 2.45) is 11.8 Å². The second-order valence-corrected chi connectivity index (χ2v) is 6.80. The van der Waals surface area contributed by atoms with Crippen LogP contribution in [0.15, 0.2) is 5.38 Å². The molecule has 0 aliphatic carbocycles. The molecule has 0 aromatic carbocycles. The van der Waals surface area contributed by atoms with Crippen LogP contribution in [0.5, 0.6) is 0 Å². The van der Waals surface area contributed by atoms with E-state index in [4.69, 9.17) is 0 Å². The number of hydrogen-bond donors (Lipinski definition) is 1. The van der Waals surface area contributed by atoms with Crippen LogP contribution in [0.2, 0.25) is 0 Å². The van der Waals surface area contributed by atoms with Gasteiger partial charge in [0.25, 0.3) is 0 Å². The summed E-state index contributed by atoms with van der Waals surface area (Å²) >= 11 is 1.39. The smallest absolute Gasteiger partial charge is 0.245 e. The Morgan fingerprint density at radius 2 is 2.00 bits per heavy atom. The van der Waals surface area contributed by atoms with Gasteiger partial charge in [0, 0.05) is 17.8 Å². The van der Waals surface area contributed by atoms with E-state index in [1.54, 1.807) is 4.90 Å². The molecule has 0 saturated heterocycles. The quantitative estimate of drug-likeness (QED) is 0.842. The number of nitrogens with zero attached hydrogens (tertiary/aromatic N) is 2. The first-order chi connectivity index (χ1) is 9.79. The van der Waals surface area contributed by atoms with Gasteiger partial charge in [-0.05, 0) is 19.3 Å². The summed E-state index contributed by atoms with van der Waals surface area (Å²) in [5.74, 6) is 0.215. The normalized spacial score (nSPS) is 11.0. The van der Waals surface area contributed by atoms with E-state index in [1.165, 1.54) is 11.3 Å². The minimum Gasteiger partial charge on any atom is -0.333 e. The Kier molecular flexibility index (Phi) is 6.81. The molecule has 0 radical (unpaired) electrons. The molecule has 0 aliphatic rings. The fraction of sp³-hybridized carbons (Fsp3) is 0.667. The summed E-state index contributed by atoms with van der Waals surface area (Å²) in [4.78, 5) is 30.1. The zero-order chi connectivity index (χ0) is 16.0. The van der Waals surface area contributed by atoms with Crippen LogP contribution in [0.4, 0.5) is 5.13 Å². The Bertz CT molecular complexity index is 483. The van der Waals surface area contributed by atoms with Crippen LogP contribution < -0.4 is 5.32 Å². The third kappa shape index (κ3) is 6.25. The van der Waals surface area contributed by atoms with Gasteiger partial charge in [0.2, 0.25) is 11.8 Å². The van der Waals surface area contributed by atoms with E-state index >= 15 is 0 Å². The van der Waals surface area contributed by atoms with Gasteiger partial charge in [-0.1, -0.05) is 27.7 Å². The van der Waals surface area contributed by atoms with Crippen molar-refractivity contribution in [1.29, 1.82) is 0 Å². The largest absolute Gasteiger partial charge is 0.333 e. The van der Waals surface area contributed by atoms with Gasteiger partial charge in [0.15, 0.2) is 5.13 Å². The molecular weight excluding hydrogens is 286 g/mol. The zero-order valence-corrected chi connectivity index (χ0v) is 14.3. The molecule has 2 amide bonds. The Hall–Kier alpha value is -1.43. The maximum absolute atomic E-state index is 12.2. The van der Waals surface area contributed by atoms with Crippen LogP contribution in [0.25, 0.3) is 0 Å². The maximum atomic E-state index is 12.2. The van der Waals surface area contributed by atoms with Crippen molar-refractivity contribution in [3.05, 3.63) is 11.1 Å². The molecule has 0 bridgehead atoms. The van der Waals surface area contributed by atoms with Crippen LogP contribution in [0, 0.1) is 18.8 Å². The maximum Gasteiger partial charge on any atom is 0.245 e. The van der Waals surface area contributed by atoms with Gasteiger partial charge in [-0.3, -0.25) is 9.59 Å². The van der Waals surface area contributed by atoms with Gasteiger partial charge in [0.1, 0.15) is 0 Å². The molecule has 1 heterocycles. The highest BCUT2D eigenvalue weighted by molar-refractivity contribution is 7.13. The second-order valence-electron chi connectivity index (χ2n) is 5.94. The lowest BCUT2D eigenvalue weighted by atomic mass is 10.1. The molecule has 21 heavy (non-hydrogen) atoms. The topological polar surface area (TPSA) is 62.3 Å². The van der Waals surface area contributed by atoms with Crippen LogP contribution in [-0.4, -0.2) is 34.8 Å². The van der Waals surface area contributed by atoms with Crippen LogP contribution in [-0.2, 0) is 9.59 Å². The second kappa shape index (κ2) is 8.12. The molecule has 6 heteroatoms. The minimum absolute atomic E-state index is 0.0149. The van der Waals surface area contributed by atoms with E-state index in [-0.39, 0.29) is 24.3 Å². The highest BCUT2D eigenvalue weighted by atomic mass is 32.1. The van der Waals surface area contributed by atoms with Crippen LogP contribution in [0.1, 0.15) is 39.8 Å². The number of nitrogens with one attached hydrogen (secondary N) is 1. The molecule has 1 rings (SSSR count). The molecule has 0 spiro atoms. The number of aromatic nitrogens is 1. The van der Waals surface area contributed by atoms with Gasteiger partial charge in [0.05, 0.1) is 12.2 Å². The predicted molar refractivity (Wildman–Crippen MR) is 86.4 cm³/mol. The fourth-order valence-corrected chi connectivity index (χ4v) is 2.49. The minimum atomic E-state index is -0.192. The monoisotopic (exact) mass is 311 g/mol. The molecule has 0 aliphatic heterocycles. The zero-order valence-electron chi connectivity index (χ0n) is 13.5. The lowest BCUT2D eigenvalue weighted by molar-refractivity contribution is -0.137. The number of anilines is 1. The number of carbonyl (C=O) groups excluding carboxylic acids is 2. The Balaban J connectivity index is 2.61. The standard InChI is InChI=1S/C15H25N3O2S/c1-10(2)6-7-18(14(20)11(3)4)8-13(19)17-15-16-12(5)9-21-15/h9-11H,6-8H2,1-5H3,(H,16,17,19). The van der Waals surface area contributed by atoms with E-state index in [9.17, 15) is 9.59 Å². The summed E-state index contributed by atoms with van der Waals surface area (Å²) in [6.45, 7) is 10.5. The predicted octanol–water partition coefficient (Wildman–Crippen LogP) is 2.92. The van der Waals surface area contributed by atoms with Gasteiger partial charge in [-0.25, -0.2) is 4.98 Å². The molecule has 1 aromatic heterocycles. The number of thiazole rings is 1. The summed E-state index contributed by atoms with van der Waals surface area (Å²) in [5.41, 5.74) is 0.880. The SMILES string of the molecule is Cc1csc(NC(=O)CN(CCC(C)C)C(=O)C(C)C)n1. The molecule has 0 atom stereocenters. The van der Waals surface area contributed by atoms with Crippen LogP contribution >= 0.6 is 11.3 Å². The van der Waals surface area contributed by atoms with Gasteiger partial charge in [-0.15, -0.1) is 11.3 Å². The molecule has 5 nitrogen and oxygen atoms in total. The third-order valence-electron chi connectivity index (χ3n) is 2.98. The van der Waals surface area contributed by atoms with Crippen molar-refractivity contribution in [2.45, 2.75) is 41.0 Å². The van der Waals surface area contributed by atoms with Gasteiger partial charge >= 0.3 is 0 Å². The van der Waals surface area contributed by atoms with E-state index in [0.29, 0.717) is 17.6 Å². The fourth-order valence-electron chi connectivity index (χ4n) is 1.79. The first kappa shape index (κ1) is 17.6. The first-order valence-electron chi connectivity index (χ1n) is 7.30. The summed E-state index contributed by atoms with van der Waals surface area (Å²) in [7, 11) is 0. The van der Waals surface area contributed by atoms with Crippen molar-refractivity contribution < 1.29 is 9.59 Å². The number of aryl methyl sites for hydroxylation is 1. The molecular formula is C15H25N3O2S. The summed E-state index contributed by atoms with van der Waals surface area (Å²) < 4.78 is 0. The Morgan fingerprint density at radius 3 is 2.48 bits per heavy atom. The average Bonchev–Trinajstić information content (AvgIpc) is 2.78. The van der Waals surface area contributed by atoms with Crippen molar-refractivity contribution in [3.63, 3.8) is 0 Å². The van der Waals surface area contributed by atoms with Gasteiger partial charge < -0.3 is 10.2 Å². The number of rotatable bonds is 7. The van der Waals surface area contributed by atoms with E-state index in [1.807, 2.05) is 26.2 Å². The van der Waals surface area contributed by atoms with Crippen molar-refractivity contribution in [2.75, 3.05) is 18.4 Å². The lowest BCUT2D eigenvalue weighted by Crippen LogP contribution is -2.41. The molecule has 0 saturated carbocycles. The van der Waals surface area contributed by atoms with Crippen molar-refractivity contribution in [1.82, 2.24) is 9.88 Å². The highest BCUT2D eigenvalue weighted by Gasteiger charge is 2.20. The van der Waals surface area contributed by atoms with Gasteiger partial charge in [-0.2, -0.15) is 0 Å². The summed E-state index contributed by atoms with van der Waals surface area (Å²) in [6, 6.07) is 0. The third-order valence-corrected chi connectivity index (χ3v) is 3.86. The molecule has 1 N–H and O–H groups in total. The Labute approximate surface area is 130 Å². The van der Waals surface area contributed by atoms with E-state index in [2.05, 4.69) is 24.1 Å². The Morgan fingerprint density at radius 1 is 1.33 bits per heavy atom. The highest BCUT2D eigenvalue weighted by Crippen LogP contribution is 2.14. The van der Waals surface area contributed by atoms with E-state index < -0.39 is 0 Å². The summed E-state index contributed by atoms with van der Waals surface area (Å²) in [6.07, 6.45) is 0.891. The molecule has 0 fully saturated rings. The van der Waals surface area contributed by atoms with Crippen molar-refractivity contribution in [3.8, 4) is 0 Å². The lowest BCUT2D eigenvalue weighted by Gasteiger charge is -2.24. The number of hydrogen-bond acceptors (Lipinski definition) is 4.